The minimum Gasteiger partial charge on any atom is -0.467 e. The van der Waals surface area contributed by atoms with Crippen LogP contribution in [0.5, 0.6) is 0 Å². The zero-order chi connectivity index (χ0) is 19.0. The number of methoxy groups -OCH3 is 1. The van der Waals surface area contributed by atoms with Gasteiger partial charge in [-0.1, -0.05) is 42.8 Å². The molecule has 1 aromatic rings. The summed E-state index contributed by atoms with van der Waals surface area (Å²) in [5.41, 5.74) is 1.53. The zero-order valence-electron chi connectivity index (χ0n) is 15.7. The SMILES string of the molecule is COC(=O)C(CO[Si](C)(C)C(C)(C)C)N1Cc2ccc(Br)cc2C1=O. The molecular formula is C18H26BrNO4Si. The third kappa shape index (κ3) is 4.15. The van der Waals surface area contributed by atoms with Gasteiger partial charge in [-0.15, -0.1) is 0 Å². The van der Waals surface area contributed by atoms with Crippen LogP contribution in [0.25, 0.3) is 0 Å². The number of benzene rings is 1. The van der Waals surface area contributed by atoms with E-state index in [1.165, 1.54) is 7.11 Å². The van der Waals surface area contributed by atoms with Crippen LogP contribution in [0.3, 0.4) is 0 Å². The Kier molecular flexibility index (Phi) is 5.80. The highest BCUT2D eigenvalue weighted by atomic mass is 79.9. The maximum atomic E-state index is 12.8. The number of halogens is 1. The fraction of sp³-hybridized carbons (Fsp3) is 0.556. The number of fused-ring (bicyclic) bond motifs is 1. The van der Waals surface area contributed by atoms with Crippen LogP contribution in [-0.4, -0.2) is 44.9 Å². The Balaban J connectivity index is 2.22. The summed E-state index contributed by atoms with van der Waals surface area (Å²) in [6, 6.07) is 4.86. The minimum atomic E-state index is -2.04. The van der Waals surface area contributed by atoms with Gasteiger partial charge in [-0.3, -0.25) is 4.79 Å². The highest BCUT2D eigenvalue weighted by Gasteiger charge is 2.42. The molecule has 7 heteroatoms. The first kappa shape index (κ1) is 20.1. The fourth-order valence-corrected chi connectivity index (χ4v) is 3.84. The Labute approximate surface area is 158 Å². The van der Waals surface area contributed by atoms with Crippen LogP contribution in [0.2, 0.25) is 18.1 Å². The quantitative estimate of drug-likeness (QED) is 0.526. The van der Waals surface area contributed by atoms with E-state index < -0.39 is 20.3 Å². The lowest BCUT2D eigenvalue weighted by molar-refractivity contribution is -0.147. The number of amides is 1. The minimum absolute atomic E-state index is 0.0243. The van der Waals surface area contributed by atoms with E-state index in [2.05, 4.69) is 49.8 Å². The molecular weight excluding hydrogens is 402 g/mol. The van der Waals surface area contributed by atoms with Gasteiger partial charge in [0.15, 0.2) is 14.4 Å². The second kappa shape index (κ2) is 7.21. The van der Waals surface area contributed by atoms with E-state index in [0.29, 0.717) is 12.1 Å². The molecule has 0 aromatic heterocycles. The average Bonchev–Trinajstić information content (AvgIpc) is 2.83. The van der Waals surface area contributed by atoms with Gasteiger partial charge in [0.1, 0.15) is 0 Å². The fourth-order valence-electron chi connectivity index (χ4n) is 2.47. The lowest BCUT2D eigenvalue weighted by atomic mass is 10.1. The van der Waals surface area contributed by atoms with Crippen LogP contribution < -0.4 is 0 Å². The third-order valence-electron chi connectivity index (χ3n) is 5.16. The summed E-state index contributed by atoms with van der Waals surface area (Å²) in [7, 11) is -0.702. The topological polar surface area (TPSA) is 55.8 Å². The molecule has 2 rings (SSSR count). The van der Waals surface area contributed by atoms with Crippen LogP contribution >= 0.6 is 15.9 Å². The maximum Gasteiger partial charge on any atom is 0.330 e. The van der Waals surface area contributed by atoms with Gasteiger partial charge in [0.05, 0.1) is 13.7 Å². The number of esters is 1. The molecule has 1 aliphatic rings. The summed E-state index contributed by atoms with van der Waals surface area (Å²) in [5.74, 6) is -0.607. The van der Waals surface area contributed by atoms with Crippen LogP contribution in [-0.2, 0) is 20.5 Å². The molecule has 1 amide bonds. The Hall–Kier alpha value is -1.18. The largest absolute Gasteiger partial charge is 0.467 e. The Morgan fingerprint density at radius 2 is 2.00 bits per heavy atom. The van der Waals surface area contributed by atoms with Gasteiger partial charge >= 0.3 is 5.97 Å². The van der Waals surface area contributed by atoms with Crippen LogP contribution in [0.15, 0.2) is 22.7 Å². The third-order valence-corrected chi connectivity index (χ3v) is 10.2. The molecule has 0 saturated heterocycles. The zero-order valence-corrected chi connectivity index (χ0v) is 18.3. The van der Waals surface area contributed by atoms with Crippen LogP contribution in [0, 0.1) is 0 Å². The van der Waals surface area contributed by atoms with E-state index in [1.807, 2.05) is 12.1 Å². The molecule has 0 fully saturated rings. The van der Waals surface area contributed by atoms with Gasteiger partial charge < -0.3 is 14.1 Å². The number of carbonyl (C=O) groups excluding carboxylic acids is 2. The van der Waals surface area contributed by atoms with Crippen molar-refractivity contribution >= 4 is 36.1 Å². The first-order valence-electron chi connectivity index (χ1n) is 8.29. The number of hydrogen-bond donors (Lipinski definition) is 0. The molecule has 0 saturated carbocycles. The molecule has 0 N–H and O–H groups in total. The molecule has 25 heavy (non-hydrogen) atoms. The molecule has 1 aromatic carbocycles. The lowest BCUT2D eigenvalue weighted by Crippen LogP contribution is -2.49. The van der Waals surface area contributed by atoms with Crippen molar-refractivity contribution in [1.82, 2.24) is 4.90 Å². The van der Waals surface area contributed by atoms with Crippen molar-refractivity contribution in [2.75, 3.05) is 13.7 Å². The summed E-state index contributed by atoms with van der Waals surface area (Å²) in [5, 5.41) is 0.0243. The van der Waals surface area contributed by atoms with Crippen molar-refractivity contribution in [2.24, 2.45) is 0 Å². The summed E-state index contributed by atoms with van der Waals surface area (Å²) < 4.78 is 12.0. The van der Waals surface area contributed by atoms with Gasteiger partial charge in [-0.2, -0.15) is 0 Å². The lowest BCUT2D eigenvalue weighted by Gasteiger charge is -2.38. The van der Waals surface area contributed by atoms with Crippen molar-refractivity contribution in [2.45, 2.75) is 51.5 Å². The van der Waals surface area contributed by atoms with Crippen molar-refractivity contribution in [3.05, 3.63) is 33.8 Å². The predicted molar refractivity (Wildman–Crippen MR) is 103 cm³/mol. The predicted octanol–water partition coefficient (Wildman–Crippen LogP) is 3.97. The van der Waals surface area contributed by atoms with E-state index in [4.69, 9.17) is 9.16 Å². The summed E-state index contributed by atoms with van der Waals surface area (Å²) >= 11 is 3.39. The normalized spacial score (nSPS) is 16.0. The van der Waals surface area contributed by atoms with Crippen molar-refractivity contribution in [3.63, 3.8) is 0 Å². The second-order valence-electron chi connectivity index (χ2n) is 7.84. The van der Waals surface area contributed by atoms with Crippen LogP contribution in [0.4, 0.5) is 0 Å². The highest BCUT2D eigenvalue weighted by molar-refractivity contribution is 9.10. The van der Waals surface area contributed by atoms with Gasteiger partial charge in [0, 0.05) is 16.6 Å². The maximum absolute atomic E-state index is 12.8. The molecule has 0 aliphatic carbocycles. The number of ether oxygens (including phenoxy) is 1. The summed E-state index contributed by atoms with van der Waals surface area (Å²) in [4.78, 5) is 26.7. The van der Waals surface area contributed by atoms with E-state index in [0.717, 1.165) is 10.0 Å². The molecule has 1 atom stereocenters. The first-order chi connectivity index (χ1) is 11.5. The average molecular weight is 428 g/mol. The molecule has 0 bridgehead atoms. The number of carbonyl (C=O) groups is 2. The molecule has 1 aliphatic heterocycles. The Bertz CT molecular complexity index is 684. The summed E-state index contributed by atoms with van der Waals surface area (Å²) in [6.45, 7) is 11.2. The Morgan fingerprint density at radius 1 is 1.36 bits per heavy atom. The monoisotopic (exact) mass is 427 g/mol. The van der Waals surface area contributed by atoms with E-state index in [1.54, 1.807) is 11.0 Å². The van der Waals surface area contributed by atoms with Gasteiger partial charge in [-0.05, 0) is 35.8 Å². The van der Waals surface area contributed by atoms with Crippen LogP contribution in [0.1, 0.15) is 36.7 Å². The molecule has 1 heterocycles. The first-order valence-corrected chi connectivity index (χ1v) is 12.0. The standard InChI is InChI=1S/C18H26BrNO4Si/c1-18(2,3)25(5,6)24-11-15(17(22)23-4)20-10-12-7-8-13(19)9-14(12)16(20)21/h7-9,15H,10-11H2,1-6H3. The van der Waals surface area contributed by atoms with E-state index >= 15 is 0 Å². The van der Waals surface area contributed by atoms with Crippen molar-refractivity contribution in [3.8, 4) is 0 Å². The van der Waals surface area contributed by atoms with Gasteiger partial charge in [0.2, 0.25) is 0 Å². The second-order valence-corrected chi connectivity index (χ2v) is 13.6. The number of rotatable bonds is 5. The van der Waals surface area contributed by atoms with Crippen molar-refractivity contribution in [1.29, 1.82) is 0 Å². The van der Waals surface area contributed by atoms with Crippen molar-refractivity contribution < 1.29 is 18.8 Å². The molecule has 138 valence electrons. The highest BCUT2D eigenvalue weighted by Crippen LogP contribution is 2.37. The smallest absolute Gasteiger partial charge is 0.330 e. The van der Waals surface area contributed by atoms with Gasteiger partial charge in [-0.25, -0.2) is 4.79 Å². The molecule has 5 nitrogen and oxygen atoms in total. The van der Waals surface area contributed by atoms with E-state index in [9.17, 15) is 9.59 Å². The Morgan fingerprint density at radius 3 is 2.56 bits per heavy atom. The summed E-state index contributed by atoms with van der Waals surface area (Å²) in [6.07, 6.45) is 0. The molecule has 0 spiro atoms. The molecule has 0 radical (unpaired) electrons. The van der Waals surface area contributed by atoms with Gasteiger partial charge in [0.25, 0.3) is 5.91 Å². The number of nitrogens with zero attached hydrogens (tertiary/aromatic N) is 1. The number of hydrogen-bond acceptors (Lipinski definition) is 4. The molecule has 1 unspecified atom stereocenters. The van der Waals surface area contributed by atoms with E-state index in [-0.39, 0.29) is 17.6 Å².